The van der Waals surface area contributed by atoms with Gasteiger partial charge in [0.1, 0.15) is 5.82 Å². The average Bonchev–Trinajstić information content (AvgIpc) is 2.77. The van der Waals surface area contributed by atoms with Gasteiger partial charge in [-0.25, -0.2) is 9.37 Å². The molecule has 2 rings (SSSR count). The first-order valence-electron chi connectivity index (χ1n) is 5.76. The van der Waals surface area contributed by atoms with Crippen LogP contribution in [0.15, 0.2) is 23.6 Å². The van der Waals surface area contributed by atoms with E-state index < -0.39 is 11.7 Å². The summed E-state index contributed by atoms with van der Waals surface area (Å²) >= 11 is 1.58. The van der Waals surface area contributed by atoms with E-state index in [9.17, 15) is 9.18 Å². The fourth-order valence-corrected chi connectivity index (χ4v) is 2.27. The summed E-state index contributed by atoms with van der Waals surface area (Å²) in [6.45, 7) is 2.90. The predicted molar refractivity (Wildman–Crippen MR) is 72.3 cm³/mol. The lowest BCUT2D eigenvalue weighted by atomic mass is 10.1. The number of nitrogens with zero attached hydrogens (tertiary/aromatic N) is 1. The Hall–Kier alpha value is -1.79. The first-order valence-corrected chi connectivity index (χ1v) is 6.64. The quantitative estimate of drug-likeness (QED) is 0.879. The van der Waals surface area contributed by atoms with E-state index in [1.165, 1.54) is 6.07 Å². The van der Waals surface area contributed by atoms with Gasteiger partial charge in [0.15, 0.2) is 0 Å². The Labute approximate surface area is 114 Å². The number of carbonyl (C=O) groups is 1. The third kappa shape index (κ3) is 3.59. The Balaban J connectivity index is 1.94. The van der Waals surface area contributed by atoms with E-state index in [4.69, 9.17) is 5.73 Å². The van der Waals surface area contributed by atoms with Gasteiger partial charge in [0, 0.05) is 29.6 Å². The molecule has 19 heavy (non-hydrogen) atoms. The molecule has 0 unspecified atom stereocenters. The van der Waals surface area contributed by atoms with Crippen LogP contribution >= 0.6 is 11.3 Å². The molecule has 0 aliphatic heterocycles. The van der Waals surface area contributed by atoms with E-state index in [0.717, 1.165) is 16.8 Å². The van der Waals surface area contributed by atoms with Crippen molar-refractivity contribution in [1.29, 1.82) is 0 Å². The van der Waals surface area contributed by atoms with Crippen LogP contribution in [-0.4, -0.2) is 10.9 Å². The number of aromatic nitrogens is 1. The van der Waals surface area contributed by atoms with Gasteiger partial charge >= 0.3 is 0 Å². The summed E-state index contributed by atoms with van der Waals surface area (Å²) in [5.74, 6) is -1.06. The predicted octanol–water partition coefficient (Wildman–Crippen LogP) is 1.98. The van der Waals surface area contributed by atoms with E-state index >= 15 is 0 Å². The summed E-state index contributed by atoms with van der Waals surface area (Å²) in [7, 11) is 0. The number of carbonyl (C=O) groups excluding carboxylic acids is 1. The number of halogens is 1. The van der Waals surface area contributed by atoms with Crippen molar-refractivity contribution in [3.8, 4) is 0 Å². The van der Waals surface area contributed by atoms with Gasteiger partial charge in [-0.15, -0.1) is 11.3 Å². The molecular weight excluding hydrogens is 265 g/mol. The van der Waals surface area contributed by atoms with Gasteiger partial charge in [0.25, 0.3) is 0 Å². The smallest absolute Gasteiger partial charge is 0.248 e. The first kappa shape index (κ1) is 13.6. The van der Waals surface area contributed by atoms with Crippen molar-refractivity contribution in [3.63, 3.8) is 0 Å². The van der Waals surface area contributed by atoms with Gasteiger partial charge in [0.05, 0.1) is 10.7 Å². The first-order chi connectivity index (χ1) is 9.06. The van der Waals surface area contributed by atoms with Crippen LogP contribution in [-0.2, 0) is 13.1 Å². The maximum absolute atomic E-state index is 13.7. The largest absolute Gasteiger partial charge is 0.366 e. The number of rotatable bonds is 5. The van der Waals surface area contributed by atoms with Gasteiger partial charge in [-0.1, -0.05) is 6.07 Å². The monoisotopic (exact) mass is 279 g/mol. The molecule has 0 fully saturated rings. The topological polar surface area (TPSA) is 68.0 Å². The maximum Gasteiger partial charge on any atom is 0.248 e. The van der Waals surface area contributed by atoms with Crippen molar-refractivity contribution in [3.05, 3.63) is 51.2 Å². The Morgan fingerprint density at radius 3 is 2.84 bits per heavy atom. The lowest BCUT2D eigenvalue weighted by Crippen LogP contribution is -2.15. The second-order valence-electron chi connectivity index (χ2n) is 4.13. The number of nitrogens with two attached hydrogens (primary N) is 1. The maximum atomic E-state index is 13.7. The zero-order valence-electron chi connectivity index (χ0n) is 10.4. The molecule has 0 aliphatic rings. The molecule has 0 spiro atoms. The molecule has 3 N–H and O–H groups in total. The van der Waals surface area contributed by atoms with Crippen LogP contribution in [0.1, 0.15) is 26.6 Å². The standard InChI is InChI=1S/C13H14FN3OS/c1-8-17-11(7-19-8)6-16-5-10-3-2-9(13(15)18)4-12(10)14/h2-4,7,16H,5-6H2,1H3,(H2,15,18). The van der Waals surface area contributed by atoms with Crippen LogP contribution in [0.5, 0.6) is 0 Å². The lowest BCUT2D eigenvalue weighted by molar-refractivity contribution is 0.1000. The van der Waals surface area contributed by atoms with Crippen LogP contribution in [0.4, 0.5) is 4.39 Å². The number of benzene rings is 1. The fourth-order valence-electron chi connectivity index (χ4n) is 1.66. The molecule has 1 aromatic heterocycles. The Bertz CT molecular complexity index is 597. The number of hydrogen-bond donors (Lipinski definition) is 2. The highest BCUT2D eigenvalue weighted by atomic mass is 32.1. The summed E-state index contributed by atoms with van der Waals surface area (Å²) in [6.07, 6.45) is 0. The van der Waals surface area contributed by atoms with Crippen LogP contribution in [0.25, 0.3) is 0 Å². The van der Waals surface area contributed by atoms with Crippen LogP contribution < -0.4 is 11.1 Å². The molecule has 1 aromatic carbocycles. The number of amides is 1. The molecule has 0 radical (unpaired) electrons. The molecule has 4 nitrogen and oxygen atoms in total. The highest BCUT2D eigenvalue weighted by Crippen LogP contribution is 2.11. The molecule has 1 amide bonds. The summed E-state index contributed by atoms with van der Waals surface area (Å²) < 4.78 is 13.7. The van der Waals surface area contributed by atoms with Crippen molar-refractivity contribution in [2.45, 2.75) is 20.0 Å². The van der Waals surface area contributed by atoms with Crippen molar-refractivity contribution in [1.82, 2.24) is 10.3 Å². The lowest BCUT2D eigenvalue weighted by Gasteiger charge is -2.05. The molecule has 0 saturated carbocycles. The minimum atomic E-state index is -0.628. The van der Waals surface area contributed by atoms with Gasteiger partial charge in [-0.05, 0) is 19.1 Å². The summed E-state index contributed by atoms with van der Waals surface area (Å²) in [5, 5.41) is 6.08. The van der Waals surface area contributed by atoms with Crippen LogP contribution in [0.2, 0.25) is 0 Å². The summed E-state index contributed by atoms with van der Waals surface area (Å²) in [4.78, 5) is 15.2. The zero-order chi connectivity index (χ0) is 13.8. The van der Waals surface area contributed by atoms with E-state index in [1.807, 2.05) is 12.3 Å². The van der Waals surface area contributed by atoms with Gasteiger partial charge in [0.2, 0.25) is 5.91 Å². The number of aryl methyl sites for hydroxylation is 1. The Morgan fingerprint density at radius 1 is 1.47 bits per heavy atom. The third-order valence-electron chi connectivity index (χ3n) is 2.63. The normalized spacial score (nSPS) is 10.6. The van der Waals surface area contributed by atoms with E-state index in [2.05, 4.69) is 10.3 Å². The molecule has 1 heterocycles. The second-order valence-corrected chi connectivity index (χ2v) is 5.19. The highest BCUT2D eigenvalue weighted by molar-refractivity contribution is 7.09. The van der Waals surface area contributed by atoms with Crippen LogP contribution in [0.3, 0.4) is 0 Å². The minimum Gasteiger partial charge on any atom is -0.366 e. The minimum absolute atomic E-state index is 0.177. The SMILES string of the molecule is Cc1nc(CNCc2ccc(C(N)=O)cc2F)cs1. The third-order valence-corrected chi connectivity index (χ3v) is 3.45. The average molecular weight is 279 g/mol. The molecule has 2 aromatic rings. The summed E-state index contributed by atoms with van der Waals surface area (Å²) in [6, 6.07) is 4.25. The molecule has 100 valence electrons. The van der Waals surface area contributed by atoms with E-state index in [-0.39, 0.29) is 5.56 Å². The van der Waals surface area contributed by atoms with Crippen molar-refractivity contribution in [2.24, 2.45) is 5.73 Å². The van der Waals surface area contributed by atoms with Crippen LogP contribution in [0, 0.1) is 12.7 Å². The Kier molecular flexibility index (Phi) is 4.24. The van der Waals surface area contributed by atoms with Gasteiger partial charge in [-0.2, -0.15) is 0 Å². The highest BCUT2D eigenvalue weighted by Gasteiger charge is 2.07. The summed E-state index contributed by atoms with van der Waals surface area (Å²) in [5.41, 5.74) is 6.70. The van der Waals surface area contributed by atoms with Gasteiger partial charge in [-0.3, -0.25) is 4.79 Å². The molecule has 0 aliphatic carbocycles. The van der Waals surface area contributed by atoms with Crippen molar-refractivity contribution in [2.75, 3.05) is 0 Å². The second kappa shape index (κ2) is 5.90. The number of thiazole rings is 1. The number of primary amides is 1. The van der Waals surface area contributed by atoms with Crippen molar-refractivity contribution < 1.29 is 9.18 Å². The molecule has 0 atom stereocenters. The molecule has 0 saturated heterocycles. The van der Waals surface area contributed by atoms with E-state index in [1.54, 1.807) is 17.4 Å². The number of nitrogens with one attached hydrogen (secondary N) is 1. The van der Waals surface area contributed by atoms with Gasteiger partial charge < -0.3 is 11.1 Å². The number of hydrogen-bond acceptors (Lipinski definition) is 4. The molecule has 6 heteroatoms. The van der Waals surface area contributed by atoms with Crippen molar-refractivity contribution >= 4 is 17.2 Å². The molecule has 0 bridgehead atoms. The fraction of sp³-hybridized carbons (Fsp3) is 0.231. The van der Waals surface area contributed by atoms with E-state index in [0.29, 0.717) is 18.7 Å². The zero-order valence-corrected chi connectivity index (χ0v) is 11.3. The molecular formula is C13H14FN3OS. The Morgan fingerprint density at radius 2 is 2.26 bits per heavy atom.